The van der Waals surface area contributed by atoms with Crippen LogP contribution in [0.4, 0.5) is 0 Å². The van der Waals surface area contributed by atoms with Gasteiger partial charge in [-0.3, -0.25) is 4.79 Å². The number of hydrogen-bond acceptors (Lipinski definition) is 6. The van der Waals surface area contributed by atoms with Crippen LogP contribution in [0.2, 0.25) is 0 Å². The third-order valence-corrected chi connectivity index (χ3v) is 2.10. The minimum absolute atomic E-state index is 0.121. The highest BCUT2D eigenvalue weighted by Gasteiger charge is 2.13. The molecule has 0 saturated heterocycles. The Morgan fingerprint density at radius 2 is 2.29 bits per heavy atom. The average molecular weight is 229 g/mol. The molecule has 0 N–H and O–H groups in total. The number of rotatable bonds is 3. The largest absolute Gasteiger partial charge is 0.496 e. The van der Waals surface area contributed by atoms with Crippen molar-refractivity contribution >= 4 is 6.29 Å². The fraction of sp³-hybridized carbons (Fsp3) is 0.0909. The Labute approximate surface area is 96.5 Å². The number of aromatic nitrogens is 2. The Hall–Kier alpha value is -2.68. The van der Waals surface area contributed by atoms with Crippen molar-refractivity contribution < 1.29 is 13.9 Å². The van der Waals surface area contributed by atoms with Crippen molar-refractivity contribution in [2.24, 2.45) is 0 Å². The van der Waals surface area contributed by atoms with E-state index >= 15 is 0 Å². The number of nitrogens with zero attached hydrogens (tertiary/aromatic N) is 3. The second kappa shape index (κ2) is 4.45. The Bertz CT molecular complexity index is 598. The zero-order chi connectivity index (χ0) is 12.3. The minimum Gasteiger partial charge on any atom is -0.496 e. The van der Waals surface area contributed by atoms with E-state index in [0.717, 1.165) is 0 Å². The summed E-state index contributed by atoms with van der Waals surface area (Å²) in [7, 11) is 1.49. The average Bonchev–Trinajstić information content (AvgIpc) is 2.86. The molecule has 1 aromatic carbocycles. The number of carbonyl (C=O) groups is 1. The van der Waals surface area contributed by atoms with Gasteiger partial charge in [0.15, 0.2) is 0 Å². The summed E-state index contributed by atoms with van der Waals surface area (Å²) in [5, 5.41) is 16.0. The van der Waals surface area contributed by atoms with Gasteiger partial charge in [0, 0.05) is 0 Å². The number of benzene rings is 1. The summed E-state index contributed by atoms with van der Waals surface area (Å²) in [5.41, 5.74) is 0.916. The van der Waals surface area contributed by atoms with E-state index in [1.807, 2.05) is 6.07 Å². The molecule has 6 nitrogen and oxygen atoms in total. The number of aldehydes is 1. The molecule has 6 heteroatoms. The summed E-state index contributed by atoms with van der Waals surface area (Å²) < 4.78 is 10.2. The summed E-state index contributed by atoms with van der Waals surface area (Å²) in [5.74, 6) is 0.510. The van der Waals surface area contributed by atoms with Gasteiger partial charge in [-0.15, -0.1) is 10.2 Å². The minimum atomic E-state index is -0.121. The van der Waals surface area contributed by atoms with Crippen LogP contribution < -0.4 is 4.74 Å². The molecule has 2 rings (SSSR count). The van der Waals surface area contributed by atoms with Gasteiger partial charge in [-0.1, -0.05) is 0 Å². The first-order valence-electron chi connectivity index (χ1n) is 4.65. The van der Waals surface area contributed by atoms with Crippen LogP contribution in [0.3, 0.4) is 0 Å². The Morgan fingerprint density at radius 1 is 1.47 bits per heavy atom. The first kappa shape index (κ1) is 10.8. The molecule has 0 atom stereocenters. The van der Waals surface area contributed by atoms with Gasteiger partial charge in [-0.25, -0.2) is 0 Å². The lowest BCUT2D eigenvalue weighted by Gasteiger charge is -2.04. The maximum atomic E-state index is 10.4. The first-order chi connectivity index (χ1) is 8.28. The summed E-state index contributed by atoms with van der Waals surface area (Å²) in [4.78, 5) is 10.4. The monoisotopic (exact) mass is 229 g/mol. The van der Waals surface area contributed by atoms with E-state index in [1.165, 1.54) is 7.11 Å². The first-order valence-corrected chi connectivity index (χ1v) is 4.65. The van der Waals surface area contributed by atoms with Crippen LogP contribution in [0.15, 0.2) is 22.6 Å². The molecule has 0 unspecified atom stereocenters. The maximum Gasteiger partial charge on any atom is 0.280 e. The molecule has 0 spiro atoms. The molecular formula is C11H7N3O3. The van der Waals surface area contributed by atoms with Gasteiger partial charge in [-0.05, 0) is 18.2 Å². The summed E-state index contributed by atoms with van der Waals surface area (Å²) >= 11 is 0. The van der Waals surface area contributed by atoms with Gasteiger partial charge in [0.25, 0.3) is 11.8 Å². The van der Waals surface area contributed by atoms with Crippen molar-refractivity contribution in [3.8, 4) is 23.3 Å². The van der Waals surface area contributed by atoms with Crippen LogP contribution in [-0.4, -0.2) is 23.6 Å². The van der Waals surface area contributed by atoms with Crippen LogP contribution in [0.1, 0.15) is 16.2 Å². The van der Waals surface area contributed by atoms with E-state index in [4.69, 9.17) is 14.4 Å². The standard InChI is InChI=1S/C11H7N3O3/c1-16-9-3-2-7(5-12)4-8(9)11-14-13-10(6-15)17-11/h2-4,6H,1H3. The molecule has 17 heavy (non-hydrogen) atoms. The summed E-state index contributed by atoms with van der Waals surface area (Å²) in [6.07, 6.45) is 0.455. The van der Waals surface area contributed by atoms with E-state index in [1.54, 1.807) is 18.2 Å². The molecule has 0 amide bonds. The SMILES string of the molecule is COc1ccc(C#N)cc1-c1nnc(C=O)o1. The summed E-state index contributed by atoms with van der Waals surface area (Å²) in [6, 6.07) is 6.78. The van der Waals surface area contributed by atoms with Crippen molar-refractivity contribution in [1.29, 1.82) is 5.26 Å². The van der Waals surface area contributed by atoms with Crippen LogP contribution >= 0.6 is 0 Å². The highest BCUT2D eigenvalue weighted by atomic mass is 16.5. The topological polar surface area (TPSA) is 89.0 Å². The smallest absolute Gasteiger partial charge is 0.280 e. The van der Waals surface area contributed by atoms with E-state index < -0.39 is 0 Å². The van der Waals surface area contributed by atoms with Gasteiger partial charge in [-0.2, -0.15) is 5.26 Å². The van der Waals surface area contributed by atoms with Crippen LogP contribution in [0.25, 0.3) is 11.5 Å². The van der Waals surface area contributed by atoms with E-state index in [9.17, 15) is 4.79 Å². The van der Waals surface area contributed by atoms with Crippen LogP contribution in [0, 0.1) is 11.3 Å². The predicted molar refractivity (Wildman–Crippen MR) is 56.4 cm³/mol. The Kier molecular flexibility index (Phi) is 2.83. The van der Waals surface area contributed by atoms with E-state index in [2.05, 4.69) is 10.2 Å². The molecule has 2 aromatic rings. The quantitative estimate of drug-likeness (QED) is 0.739. The lowest BCUT2D eigenvalue weighted by Crippen LogP contribution is -1.89. The van der Waals surface area contributed by atoms with Gasteiger partial charge in [0.05, 0.1) is 24.3 Å². The van der Waals surface area contributed by atoms with E-state index in [-0.39, 0.29) is 11.8 Å². The molecule has 0 bridgehead atoms. The van der Waals surface area contributed by atoms with Gasteiger partial charge < -0.3 is 9.15 Å². The van der Waals surface area contributed by atoms with E-state index in [0.29, 0.717) is 23.2 Å². The second-order valence-corrected chi connectivity index (χ2v) is 3.09. The molecule has 0 aliphatic heterocycles. The Morgan fingerprint density at radius 3 is 2.88 bits per heavy atom. The van der Waals surface area contributed by atoms with Gasteiger partial charge in [0.1, 0.15) is 5.75 Å². The molecule has 1 aromatic heterocycles. The van der Waals surface area contributed by atoms with Crippen molar-refractivity contribution in [2.75, 3.05) is 7.11 Å². The lowest BCUT2D eigenvalue weighted by atomic mass is 10.1. The number of ether oxygens (including phenoxy) is 1. The molecule has 0 aliphatic rings. The highest BCUT2D eigenvalue weighted by Crippen LogP contribution is 2.29. The van der Waals surface area contributed by atoms with Crippen molar-refractivity contribution in [3.05, 3.63) is 29.7 Å². The number of methoxy groups -OCH3 is 1. The fourth-order valence-electron chi connectivity index (χ4n) is 1.34. The third-order valence-electron chi connectivity index (χ3n) is 2.10. The van der Waals surface area contributed by atoms with Crippen LogP contribution in [0.5, 0.6) is 5.75 Å². The van der Waals surface area contributed by atoms with Gasteiger partial charge in [0.2, 0.25) is 6.29 Å². The lowest BCUT2D eigenvalue weighted by molar-refractivity contribution is 0.109. The zero-order valence-electron chi connectivity index (χ0n) is 8.88. The molecule has 84 valence electrons. The number of hydrogen-bond donors (Lipinski definition) is 0. The normalized spacial score (nSPS) is 9.65. The highest BCUT2D eigenvalue weighted by molar-refractivity contribution is 5.70. The maximum absolute atomic E-state index is 10.4. The Balaban J connectivity index is 2.56. The molecule has 0 saturated carbocycles. The molecule has 0 fully saturated rings. The van der Waals surface area contributed by atoms with Crippen molar-refractivity contribution in [3.63, 3.8) is 0 Å². The predicted octanol–water partition coefficient (Wildman–Crippen LogP) is 1.43. The fourth-order valence-corrected chi connectivity index (χ4v) is 1.34. The molecular weight excluding hydrogens is 222 g/mol. The third kappa shape index (κ3) is 1.99. The molecule has 0 aliphatic carbocycles. The number of nitriles is 1. The molecule has 1 heterocycles. The van der Waals surface area contributed by atoms with Crippen molar-refractivity contribution in [1.82, 2.24) is 10.2 Å². The van der Waals surface area contributed by atoms with Gasteiger partial charge >= 0.3 is 0 Å². The second-order valence-electron chi connectivity index (χ2n) is 3.09. The molecule has 0 radical (unpaired) electrons. The van der Waals surface area contributed by atoms with Crippen molar-refractivity contribution in [2.45, 2.75) is 0 Å². The number of carbonyl (C=O) groups excluding carboxylic acids is 1. The zero-order valence-corrected chi connectivity index (χ0v) is 8.88. The summed E-state index contributed by atoms with van der Waals surface area (Å²) in [6.45, 7) is 0. The van der Waals surface area contributed by atoms with Crippen LogP contribution in [-0.2, 0) is 0 Å².